The molecular weight excluding hydrogens is 296 g/mol. The van der Waals surface area contributed by atoms with E-state index >= 15 is 0 Å². The zero-order chi connectivity index (χ0) is 16.6. The quantitative estimate of drug-likeness (QED) is 0.628. The highest BCUT2D eigenvalue weighted by Crippen LogP contribution is 2.60. The molecule has 0 aliphatic heterocycles. The first kappa shape index (κ1) is 15.9. The molecule has 1 aromatic carbocycles. The Balaban J connectivity index is 1.51. The van der Waals surface area contributed by atoms with Crippen molar-refractivity contribution < 1.29 is 4.79 Å². The van der Waals surface area contributed by atoms with E-state index in [1.807, 2.05) is 18.2 Å². The summed E-state index contributed by atoms with van der Waals surface area (Å²) in [6.07, 6.45) is 9.28. The summed E-state index contributed by atoms with van der Waals surface area (Å²) in [6, 6.07) is 10.2. The Morgan fingerprint density at radius 1 is 1.08 bits per heavy atom. The molecule has 24 heavy (non-hydrogen) atoms. The van der Waals surface area contributed by atoms with E-state index < -0.39 is 0 Å². The third-order valence-corrected chi connectivity index (χ3v) is 6.41. The Kier molecular flexibility index (Phi) is 4.19. The third-order valence-electron chi connectivity index (χ3n) is 6.41. The molecule has 1 aromatic rings. The molecule has 3 heteroatoms. The van der Waals surface area contributed by atoms with Crippen LogP contribution in [0.4, 0.5) is 0 Å². The molecule has 0 atom stereocenters. The number of rotatable bonds is 5. The van der Waals surface area contributed by atoms with Crippen molar-refractivity contribution in [3.63, 3.8) is 0 Å². The standard InChI is InChI=1S/C21H28N2O/c1-2-6-19(18-7-4-3-5-8-18)22-23-20(24)21-12-15-9-16(13-21)11-17(10-15)14-21/h3-5,7-8,15-17H,2,6,9-14H2,1H3,(H,23,24). The van der Waals surface area contributed by atoms with E-state index in [4.69, 9.17) is 0 Å². The van der Waals surface area contributed by atoms with E-state index in [-0.39, 0.29) is 11.3 Å². The van der Waals surface area contributed by atoms with Crippen LogP contribution in [0.3, 0.4) is 0 Å². The minimum atomic E-state index is -0.119. The number of hydrogen-bond donors (Lipinski definition) is 1. The molecule has 0 aromatic heterocycles. The summed E-state index contributed by atoms with van der Waals surface area (Å²) in [5.74, 6) is 2.55. The zero-order valence-corrected chi connectivity index (χ0v) is 14.6. The molecule has 3 nitrogen and oxygen atoms in total. The van der Waals surface area contributed by atoms with E-state index in [1.165, 1.54) is 19.3 Å². The monoisotopic (exact) mass is 324 g/mol. The molecular formula is C21H28N2O. The highest BCUT2D eigenvalue weighted by molar-refractivity contribution is 6.01. The van der Waals surface area contributed by atoms with Gasteiger partial charge in [0.1, 0.15) is 0 Å². The summed E-state index contributed by atoms with van der Waals surface area (Å²) in [4.78, 5) is 13.0. The van der Waals surface area contributed by atoms with E-state index in [0.717, 1.165) is 61.1 Å². The van der Waals surface area contributed by atoms with Crippen LogP contribution >= 0.6 is 0 Å². The lowest BCUT2D eigenvalue weighted by molar-refractivity contribution is -0.146. The van der Waals surface area contributed by atoms with Crippen LogP contribution in [-0.2, 0) is 4.79 Å². The van der Waals surface area contributed by atoms with Crippen molar-refractivity contribution in [2.45, 2.75) is 58.3 Å². The van der Waals surface area contributed by atoms with Crippen molar-refractivity contribution in [3.8, 4) is 0 Å². The van der Waals surface area contributed by atoms with Crippen molar-refractivity contribution in [2.24, 2.45) is 28.3 Å². The van der Waals surface area contributed by atoms with Gasteiger partial charge in [-0.3, -0.25) is 4.79 Å². The maximum Gasteiger partial charge on any atom is 0.246 e. The predicted octanol–water partition coefficient (Wildman–Crippen LogP) is 4.52. The fourth-order valence-electron chi connectivity index (χ4n) is 5.76. The molecule has 0 unspecified atom stereocenters. The minimum Gasteiger partial charge on any atom is -0.273 e. The van der Waals surface area contributed by atoms with Gasteiger partial charge in [-0.15, -0.1) is 0 Å². The van der Waals surface area contributed by atoms with Crippen molar-refractivity contribution >= 4 is 11.6 Å². The molecule has 4 saturated carbocycles. The van der Waals surface area contributed by atoms with Gasteiger partial charge in [0.25, 0.3) is 0 Å². The van der Waals surface area contributed by atoms with Crippen LogP contribution in [0, 0.1) is 23.2 Å². The highest BCUT2D eigenvalue weighted by atomic mass is 16.2. The maximum atomic E-state index is 13.0. The van der Waals surface area contributed by atoms with E-state index in [0.29, 0.717) is 0 Å². The van der Waals surface area contributed by atoms with Crippen LogP contribution in [0.1, 0.15) is 63.9 Å². The van der Waals surface area contributed by atoms with Crippen LogP contribution in [0.15, 0.2) is 35.4 Å². The van der Waals surface area contributed by atoms with E-state index in [2.05, 4.69) is 29.6 Å². The topological polar surface area (TPSA) is 41.5 Å². The van der Waals surface area contributed by atoms with Gasteiger partial charge in [0, 0.05) is 0 Å². The SMILES string of the molecule is CCCC(=NNC(=O)C12CC3CC(CC(C3)C1)C2)c1ccccc1. The molecule has 4 aliphatic rings. The zero-order valence-electron chi connectivity index (χ0n) is 14.6. The Morgan fingerprint density at radius 2 is 1.67 bits per heavy atom. The smallest absolute Gasteiger partial charge is 0.246 e. The molecule has 4 bridgehead atoms. The van der Waals surface area contributed by atoms with Gasteiger partial charge in [0.05, 0.1) is 11.1 Å². The number of hydrazone groups is 1. The van der Waals surface area contributed by atoms with Crippen LogP contribution < -0.4 is 5.43 Å². The van der Waals surface area contributed by atoms with Gasteiger partial charge in [-0.2, -0.15) is 5.10 Å². The number of benzene rings is 1. The molecule has 1 N–H and O–H groups in total. The molecule has 0 heterocycles. The summed E-state index contributed by atoms with van der Waals surface area (Å²) in [7, 11) is 0. The third kappa shape index (κ3) is 2.89. The Hall–Kier alpha value is -1.64. The molecule has 1 amide bonds. The minimum absolute atomic E-state index is 0.119. The van der Waals surface area contributed by atoms with E-state index in [1.54, 1.807) is 0 Å². The van der Waals surface area contributed by atoms with Gasteiger partial charge in [-0.1, -0.05) is 43.7 Å². The normalized spacial score (nSPS) is 34.4. The molecule has 0 spiro atoms. The molecule has 0 radical (unpaired) electrons. The van der Waals surface area contributed by atoms with Gasteiger partial charge < -0.3 is 0 Å². The van der Waals surface area contributed by atoms with Crippen molar-refractivity contribution in [3.05, 3.63) is 35.9 Å². The fraction of sp³-hybridized carbons (Fsp3) is 0.619. The van der Waals surface area contributed by atoms with Crippen molar-refractivity contribution in [1.82, 2.24) is 5.43 Å². The van der Waals surface area contributed by atoms with Crippen LogP contribution in [0.25, 0.3) is 0 Å². The molecule has 128 valence electrons. The largest absolute Gasteiger partial charge is 0.273 e. The first-order chi connectivity index (χ1) is 11.7. The predicted molar refractivity (Wildman–Crippen MR) is 96.6 cm³/mol. The summed E-state index contributed by atoms with van der Waals surface area (Å²) in [5.41, 5.74) is 4.97. The number of amides is 1. The van der Waals surface area contributed by atoms with Gasteiger partial charge in [-0.25, -0.2) is 5.43 Å². The fourth-order valence-corrected chi connectivity index (χ4v) is 5.76. The lowest BCUT2D eigenvalue weighted by Crippen LogP contribution is -2.52. The number of nitrogens with zero attached hydrogens (tertiary/aromatic N) is 1. The average molecular weight is 324 g/mol. The molecule has 4 fully saturated rings. The average Bonchev–Trinajstić information content (AvgIpc) is 2.58. The molecule has 5 rings (SSSR count). The van der Waals surface area contributed by atoms with Crippen LogP contribution in [0.5, 0.6) is 0 Å². The molecule has 4 aliphatic carbocycles. The summed E-state index contributed by atoms with van der Waals surface area (Å²) >= 11 is 0. The second-order valence-corrected chi connectivity index (χ2v) is 8.31. The van der Waals surface area contributed by atoms with E-state index in [9.17, 15) is 4.79 Å². The summed E-state index contributed by atoms with van der Waals surface area (Å²) in [6.45, 7) is 2.15. The summed E-state index contributed by atoms with van der Waals surface area (Å²) in [5, 5.41) is 4.56. The highest BCUT2D eigenvalue weighted by Gasteiger charge is 2.54. The van der Waals surface area contributed by atoms with Crippen molar-refractivity contribution in [1.29, 1.82) is 0 Å². The van der Waals surface area contributed by atoms with Crippen molar-refractivity contribution in [2.75, 3.05) is 0 Å². The number of carbonyl (C=O) groups is 1. The van der Waals surface area contributed by atoms with Gasteiger partial charge in [0.15, 0.2) is 0 Å². The van der Waals surface area contributed by atoms with Gasteiger partial charge in [0.2, 0.25) is 5.91 Å². The number of nitrogens with one attached hydrogen (secondary N) is 1. The molecule has 0 saturated heterocycles. The lowest BCUT2D eigenvalue weighted by Gasteiger charge is -2.55. The summed E-state index contributed by atoms with van der Waals surface area (Å²) < 4.78 is 0. The van der Waals surface area contributed by atoms with Gasteiger partial charge >= 0.3 is 0 Å². The Labute approximate surface area is 144 Å². The van der Waals surface area contributed by atoms with Crippen LogP contribution in [-0.4, -0.2) is 11.6 Å². The Morgan fingerprint density at radius 3 is 2.21 bits per heavy atom. The second-order valence-electron chi connectivity index (χ2n) is 8.31. The maximum absolute atomic E-state index is 13.0. The Bertz CT molecular complexity index is 599. The first-order valence-electron chi connectivity index (χ1n) is 9.61. The second kappa shape index (κ2) is 6.34. The number of hydrogen-bond acceptors (Lipinski definition) is 2. The van der Waals surface area contributed by atoms with Crippen LogP contribution in [0.2, 0.25) is 0 Å². The van der Waals surface area contributed by atoms with Gasteiger partial charge in [-0.05, 0) is 68.3 Å². The lowest BCUT2D eigenvalue weighted by atomic mass is 9.49. The first-order valence-corrected chi connectivity index (χ1v) is 9.61. The number of carbonyl (C=O) groups excluding carboxylic acids is 1.